The molecule has 0 atom stereocenters. The first-order valence-corrected chi connectivity index (χ1v) is 7.44. The van der Waals surface area contributed by atoms with E-state index in [1.165, 1.54) is 0 Å². The molecule has 0 radical (unpaired) electrons. The lowest BCUT2D eigenvalue weighted by Gasteiger charge is -2.23. The van der Waals surface area contributed by atoms with Crippen LogP contribution < -0.4 is 5.32 Å². The molecule has 1 amide bonds. The van der Waals surface area contributed by atoms with Gasteiger partial charge in [0.05, 0.1) is 11.1 Å². The van der Waals surface area contributed by atoms with Crippen molar-refractivity contribution in [3.63, 3.8) is 0 Å². The fourth-order valence-electron chi connectivity index (χ4n) is 2.98. The van der Waals surface area contributed by atoms with Gasteiger partial charge in [0.15, 0.2) is 0 Å². The number of carbonyl (C=O) groups is 2. The second-order valence-electron chi connectivity index (χ2n) is 5.97. The average molecular weight is 293 g/mol. The molecular weight excluding hydrogens is 270 g/mol. The number of nitrogens with zero attached hydrogens (tertiary/aromatic N) is 2. The summed E-state index contributed by atoms with van der Waals surface area (Å²) in [6.45, 7) is 4.62. The highest BCUT2D eigenvalue weighted by molar-refractivity contribution is 5.79. The normalized spacial score (nSPS) is 16.9. The molecule has 2 N–H and O–H groups in total. The Hall–Kier alpha value is -1.85. The zero-order chi connectivity index (χ0) is 15.5. The molecule has 6 nitrogen and oxygen atoms in total. The van der Waals surface area contributed by atoms with E-state index in [4.69, 9.17) is 0 Å². The van der Waals surface area contributed by atoms with E-state index in [-0.39, 0.29) is 12.5 Å². The van der Waals surface area contributed by atoms with Crippen LogP contribution in [0.25, 0.3) is 0 Å². The SMILES string of the molecule is Cc1cc(C)n(CCC(=O)NCC2(C(=O)O)CCCC2)n1. The van der Waals surface area contributed by atoms with Gasteiger partial charge in [0.2, 0.25) is 5.91 Å². The summed E-state index contributed by atoms with van der Waals surface area (Å²) in [4.78, 5) is 23.3. The molecule has 0 unspecified atom stereocenters. The van der Waals surface area contributed by atoms with Crippen LogP contribution >= 0.6 is 0 Å². The lowest BCUT2D eigenvalue weighted by Crippen LogP contribution is -2.41. The van der Waals surface area contributed by atoms with Crippen LogP contribution in [0.15, 0.2) is 6.07 Å². The van der Waals surface area contributed by atoms with Crippen molar-refractivity contribution in [2.45, 2.75) is 52.5 Å². The number of carboxylic acids is 1. The minimum atomic E-state index is -0.793. The van der Waals surface area contributed by atoms with Gasteiger partial charge in [-0.15, -0.1) is 0 Å². The first-order chi connectivity index (χ1) is 9.93. The van der Waals surface area contributed by atoms with E-state index in [1.807, 2.05) is 19.9 Å². The van der Waals surface area contributed by atoms with E-state index < -0.39 is 11.4 Å². The largest absolute Gasteiger partial charge is 0.481 e. The molecular formula is C15H23N3O3. The number of hydrogen-bond donors (Lipinski definition) is 2. The van der Waals surface area contributed by atoms with Crippen molar-refractivity contribution in [3.8, 4) is 0 Å². The van der Waals surface area contributed by atoms with Gasteiger partial charge in [0, 0.05) is 25.2 Å². The Morgan fingerprint density at radius 2 is 2.05 bits per heavy atom. The Morgan fingerprint density at radius 1 is 1.38 bits per heavy atom. The molecule has 0 spiro atoms. The predicted octanol–water partition coefficient (Wildman–Crippen LogP) is 1.65. The second-order valence-corrected chi connectivity index (χ2v) is 5.97. The lowest BCUT2D eigenvalue weighted by atomic mass is 9.86. The molecule has 2 rings (SSSR count). The molecule has 1 saturated carbocycles. The number of carbonyl (C=O) groups excluding carboxylic acids is 1. The van der Waals surface area contributed by atoms with Crippen LogP contribution in [0, 0.1) is 19.3 Å². The average Bonchev–Trinajstić information content (AvgIpc) is 3.02. The van der Waals surface area contributed by atoms with Crippen molar-refractivity contribution in [2.75, 3.05) is 6.54 Å². The van der Waals surface area contributed by atoms with Crippen LogP contribution in [-0.2, 0) is 16.1 Å². The van der Waals surface area contributed by atoms with Crippen LogP contribution in [0.2, 0.25) is 0 Å². The van der Waals surface area contributed by atoms with Gasteiger partial charge in [-0.25, -0.2) is 0 Å². The van der Waals surface area contributed by atoms with Gasteiger partial charge in [0.1, 0.15) is 0 Å². The molecule has 0 aromatic carbocycles. The summed E-state index contributed by atoms with van der Waals surface area (Å²) in [6, 6.07) is 1.97. The second kappa shape index (κ2) is 6.28. The molecule has 0 bridgehead atoms. The minimum Gasteiger partial charge on any atom is -0.481 e. The number of aliphatic carboxylic acids is 1. The van der Waals surface area contributed by atoms with Crippen LogP contribution in [0.4, 0.5) is 0 Å². The molecule has 1 aliphatic carbocycles. The molecule has 21 heavy (non-hydrogen) atoms. The standard InChI is InChI=1S/C15H23N3O3/c1-11-9-12(2)18(17-11)8-5-13(19)16-10-15(14(20)21)6-3-4-7-15/h9H,3-8,10H2,1-2H3,(H,16,19)(H,20,21). The highest BCUT2D eigenvalue weighted by Gasteiger charge is 2.41. The van der Waals surface area contributed by atoms with Gasteiger partial charge in [-0.2, -0.15) is 5.10 Å². The molecule has 1 aromatic heterocycles. The highest BCUT2D eigenvalue weighted by atomic mass is 16.4. The Balaban J connectivity index is 1.82. The summed E-state index contributed by atoms with van der Waals surface area (Å²) in [5.74, 6) is -0.908. The highest BCUT2D eigenvalue weighted by Crippen LogP contribution is 2.37. The van der Waals surface area contributed by atoms with E-state index in [0.717, 1.165) is 24.2 Å². The van der Waals surface area contributed by atoms with Gasteiger partial charge in [0.25, 0.3) is 0 Å². The minimum absolute atomic E-state index is 0.116. The third kappa shape index (κ3) is 3.62. The number of hydrogen-bond acceptors (Lipinski definition) is 3. The van der Waals surface area contributed by atoms with Gasteiger partial charge in [-0.05, 0) is 32.8 Å². The molecule has 0 saturated heterocycles. The molecule has 0 aliphatic heterocycles. The van der Waals surface area contributed by atoms with E-state index >= 15 is 0 Å². The summed E-state index contributed by atoms with van der Waals surface area (Å²) < 4.78 is 1.80. The third-order valence-corrected chi connectivity index (χ3v) is 4.29. The van der Waals surface area contributed by atoms with Gasteiger partial charge >= 0.3 is 5.97 Å². The van der Waals surface area contributed by atoms with Crippen molar-refractivity contribution in [1.29, 1.82) is 0 Å². The summed E-state index contributed by atoms with van der Waals surface area (Å²) in [6.07, 6.45) is 3.47. The molecule has 1 aliphatic rings. The lowest BCUT2D eigenvalue weighted by molar-refractivity contribution is -0.148. The van der Waals surface area contributed by atoms with Crippen molar-refractivity contribution in [3.05, 3.63) is 17.5 Å². The topological polar surface area (TPSA) is 84.2 Å². The molecule has 6 heteroatoms. The number of amides is 1. The Morgan fingerprint density at radius 3 is 2.57 bits per heavy atom. The summed E-state index contributed by atoms with van der Waals surface area (Å²) >= 11 is 0. The molecule has 116 valence electrons. The van der Waals surface area contributed by atoms with Gasteiger partial charge < -0.3 is 10.4 Å². The summed E-state index contributed by atoms with van der Waals surface area (Å²) in [7, 11) is 0. The van der Waals surface area contributed by atoms with Gasteiger partial charge in [-0.1, -0.05) is 12.8 Å². The first kappa shape index (κ1) is 15.5. The molecule has 1 aromatic rings. The van der Waals surface area contributed by atoms with E-state index in [2.05, 4.69) is 10.4 Å². The van der Waals surface area contributed by atoms with Crippen LogP contribution in [0.3, 0.4) is 0 Å². The molecule has 1 fully saturated rings. The monoisotopic (exact) mass is 293 g/mol. The van der Waals surface area contributed by atoms with Crippen LogP contribution in [0.1, 0.15) is 43.5 Å². The number of nitrogens with one attached hydrogen (secondary N) is 1. The summed E-state index contributed by atoms with van der Waals surface area (Å²) in [5, 5.41) is 16.4. The fraction of sp³-hybridized carbons (Fsp3) is 0.667. The van der Waals surface area contributed by atoms with Crippen LogP contribution in [-0.4, -0.2) is 33.3 Å². The number of rotatable bonds is 6. The van der Waals surface area contributed by atoms with Crippen molar-refractivity contribution >= 4 is 11.9 Å². The number of aryl methyl sites for hydroxylation is 3. The zero-order valence-electron chi connectivity index (χ0n) is 12.7. The smallest absolute Gasteiger partial charge is 0.311 e. The van der Waals surface area contributed by atoms with Crippen molar-refractivity contribution in [1.82, 2.24) is 15.1 Å². The zero-order valence-corrected chi connectivity index (χ0v) is 12.7. The number of carboxylic acid groups (broad SMARTS) is 1. The Bertz CT molecular complexity index is 530. The van der Waals surface area contributed by atoms with Crippen LogP contribution in [0.5, 0.6) is 0 Å². The molecule has 1 heterocycles. The fourth-order valence-corrected chi connectivity index (χ4v) is 2.98. The van der Waals surface area contributed by atoms with E-state index in [9.17, 15) is 14.7 Å². The number of aromatic nitrogens is 2. The first-order valence-electron chi connectivity index (χ1n) is 7.44. The Kier molecular flexibility index (Phi) is 4.65. The summed E-state index contributed by atoms with van der Waals surface area (Å²) in [5.41, 5.74) is 1.20. The van der Waals surface area contributed by atoms with Gasteiger partial charge in [-0.3, -0.25) is 14.3 Å². The quantitative estimate of drug-likeness (QED) is 0.835. The van der Waals surface area contributed by atoms with E-state index in [0.29, 0.717) is 25.8 Å². The maximum atomic E-state index is 11.9. The van der Waals surface area contributed by atoms with E-state index in [1.54, 1.807) is 4.68 Å². The third-order valence-electron chi connectivity index (χ3n) is 4.29. The maximum absolute atomic E-state index is 11.9. The van der Waals surface area contributed by atoms with Crippen molar-refractivity contribution < 1.29 is 14.7 Å². The predicted molar refractivity (Wildman–Crippen MR) is 77.9 cm³/mol. The maximum Gasteiger partial charge on any atom is 0.311 e. The van der Waals surface area contributed by atoms with Crippen molar-refractivity contribution in [2.24, 2.45) is 5.41 Å². The Labute approximate surface area is 124 Å².